The van der Waals surface area contributed by atoms with E-state index in [0.29, 0.717) is 10.0 Å². The van der Waals surface area contributed by atoms with Crippen LogP contribution < -0.4 is 0 Å². The molecule has 0 spiro atoms. The lowest BCUT2D eigenvalue weighted by Gasteiger charge is -2.20. The summed E-state index contributed by atoms with van der Waals surface area (Å²) in [5, 5.41) is 6.02. The van der Waals surface area contributed by atoms with Crippen molar-refractivity contribution in [3.63, 3.8) is 0 Å². The van der Waals surface area contributed by atoms with E-state index in [1.165, 1.54) is 0 Å². The Balaban J connectivity index is 2.11. The SMILES string of the molecule is CCCN(CCC)Cc1c(C)nn2c(-c3ccc(Cl)cc3Cl)c(CC)oc12. The highest BCUT2D eigenvalue weighted by Gasteiger charge is 2.23. The first-order valence-corrected chi connectivity index (χ1v) is 10.4. The summed E-state index contributed by atoms with van der Waals surface area (Å²) in [6, 6.07) is 5.55. The van der Waals surface area contributed by atoms with E-state index in [0.717, 1.165) is 72.9 Å². The first-order chi connectivity index (χ1) is 13.0. The third-order valence-corrected chi connectivity index (χ3v) is 5.35. The predicted molar refractivity (Wildman–Crippen MR) is 113 cm³/mol. The molecule has 0 aliphatic rings. The maximum Gasteiger partial charge on any atom is 0.227 e. The average molecular weight is 408 g/mol. The summed E-state index contributed by atoms with van der Waals surface area (Å²) in [5.41, 5.74) is 4.79. The fourth-order valence-corrected chi connectivity index (χ4v) is 4.07. The first-order valence-electron chi connectivity index (χ1n) is 9.67. The van der Waals surface area contributed by atoms with Gasteiger partial charge in [0, 0.05) is 23.6 Å². The molecule has 146 valence electrons. The minimum absolute atomic E-state index is 0.605. The monoisotopic (exact) mass is 407 g/mol. The van der Waals surface area contributed by atoms with E-state index in [1.807, 2.05) is 23.6 Å². The number of hydrogen-bond acceptors (Lipinski definition) is 3. The molecule has 3 aromatic rings. The standard InChI is InChI=1S/C21H27Cl2N3O/c1-5-10-25(11-6-2)13-17-14(4)24-26-20(19(7-3)27-21(17)26)16-9-8-15(22)12-18(16)23/h8-9,12H,5-7,10-11,13H2,1-4H3. The lowest BCUT2D eigenvalue weighted by molar-refractivity contribution is 0.266. The molecule has 0 amide bonds. The molecule has 3 rings (SSSR count). The highest BCUT2D eigenvalue weighted by molar-refractivity contribution is 6.36. The van der Waals surface area contributed by atoms with Crippen molar-refractivity contribution >= 4 is 28.9 Å². The van der Waals surface area contributed by atoms with E-state index in [2.05, 4.69) is 25.7 Å². The first kappa shape index (κ1) is 20.2. The number of nitrogens with zero attached hydrogens (tertiary/aromatic N) is 3. The molecule has 1 aromatic carbocycles. The molecule has 2 aromatic heterocycles. The van der Waals surface area contributed by atoms with Crippen LogP contribution in [0.4, 0.5) is 0 Å². The summed E-state index contributed by atoms with van der Waals surface area (Å²) in [5.74, 6) is 0.889. The Morgan fingerprint density at radius 2 is 1.81 bits per heavy atom. The van der Waals surface area contributed by atoms with Gasteiger partial charge in [0.1, 0.15) is 11.5 Å². The molecule has 0 aliphatic heterocycles. The zero-order valence-electron chi connectivity index (χ0n) is 16.5. The van der Waals surface area contributed by atoms with Crippen LogP contribution in [0, 0.1) is 6.92 Å². The molecule has 0 saturated heterocycles. The largest absolute Gasteiger partial charge is 0.441 e. The number of aromatic nitrogens is 2. The van der Waals surface area contributed by atoms with Gasteiger partial charge in [-0.1, -0.05) is 44.0 Å². The van der Waals surface area contributed by atoms with Crippen LogP contribution in [0.3, 0.4) is 0 Å². The molecule has 27 heavy (non-hydrogen) atoms. The molecule has 0 unspecified atom stereocenters. The van der Waals surface area contributed by atoms with Gasteiger partial charge in [-0.2, -0.15) is 9.61 Å². The van der Waals surface area contributed by atoms with Gasteiger partial charge in [0.2, 0.25) is 5.71 Å². The minimum atomic E-state index is 0.605. The van der Waals surface area contributed by atoms with E-state index in [4.69, 9.17) is 32.7 Å². The van der Waals surface area contributed by atoms with E-state index in [9.17, 15) is 0 Å². The highest BCUT2D eigenvalue weighted by Crippen LogP contribution is 2.36. The molecule has 0 bridgehead atoms. The number of benzene rings is 1. The molecule has 0 aliphatic carbocycles. The Bertz CT molecular complexity index is 923. The lowest BCUT2D eigenvalue weighted by Crippen LogP contribution is -2.25. The van der Waals surface area contributed by atoms with E-state index >= 15 is 0 Å². The minimum Gasteiger partial charge on any atom is -0.441 e. The van der Waals surface area contributed by atoms with Crippen molar-refractivity contribution in [2.75, 3.05) is 13.1 Å². The Morgan fingerprint density at radius 3 is 2.41 bits per heavy atom. The highest BCUT2D eigenvalue weighted by atomic mass is 35.5. The van der Waals surface area contributed by atoms with Gasteiger partial charge < -0.3 is 4.42 Å². The lowest BCUT2D eigenvalue weighted by atomic mass is 10.1. The quantitative estimate of drug-likeness (QED) is 0.433. The smallest absolute Gasteiger partial charge is 0.227 e. The van der Waals surface area contributed by atoms with Crippen molar-refractivity contribution in [3.05, 3.63) is 45.3 Å². The molecule has 0 N–H and O–H groups in total. The number of fused-ring (bicyclic) bond motifs is 1. The van der Waals surface area contributed by atoms with Gasteiger partial charge in [0.25, 0.3) is 0 Å². The van der Waals surface area contributed by atoms with Crippen LogP contribution >= 0.6 is 23.2 Å². The van der Waals surface area contributed by atoms with Crippen LogP contribution in [0.1, 0.15) is 50.6 Å². The van der Waals surface area contributed by atoms with Crippen LogP contribution in [0.15, 0.2) is 22.6 Å². The van der Waals surface area contributed by atoms with Crippen molar-refractivity contribution < 1.29 is 4.42 Å². The van der Waals surface area contributed by atoms with Gasteiger partial charge in [0.15, 0.2) is 0 Å². The van der Waals surface area contributed by atoms with Gasteiger partial charge in [-0.15, -0.1) is 0 Å². The maximum absolute atomic E-state index is 6.49. The second-order valence-electron chi connectivity index (χ2n) is 6.91. The van der Waals surface area contributed by atoms with Crippen LogP contribution in [-0.2, 0) is 13.0 Å². The Labute approximate surface area is 171 Å². The number of oxazole rings is 1. The zero-order chi connectivity index (χ0) is 19.6. The summed E-state index contributed by atoms with van der Waals surface area (Å²) in [4.78, 5) is 2.47. The molecule has 0 radical (unpaired) electrons. The summed E-state index contributed by atoms with van der Waals surface area (Å²) in [6.45, 7) is 11.5. The summed E-state index contributed by atoms with van der Waals surface area (Å²) >= 11 is 12.6. The van der Waals surface area contributed by atoms with Gasteiger partial charge in [0.05, 0.1) is 16.3 Å². The van der Waals surface area contributed by atoms with Gasteiger partial charge in [-0.3, -0.25) is 4.90 Å². The maximum atomic E-state index is 6.49. The molecular formula is C21H27Cl2N3O. The number of halogens is 2. The van der Waals surface area contributed by atoms with Gasteiger partial charge >= 0.3 is 0 Å². The van der Waals surface area contributed by atoms with Crippen LogP contribution in [0.25, 0.3) is 17.0 Å². The summed E-state index contributed by atoms with van der Waals surface area (Å²) < 4.78 is 8.19. The topological polar surface area (TPSA) is 33.7 Å². The van der Waals surface area contributed by atoms with E-state index < -0.39 is 0 Å². The van der Waals surface area contributed by atoms with Crippen molar-refractivity contribution in [1.29, 1.82) is 0 Å². The van der Waals surface area contributed by atoms with Crippen LogP contribution in [0.5, 0.6) is 0 Å². The third-order valence-electron chi connectivity index (χ3n) is 4.80. The number of hydrogen-bond donors (Lipinski definition) is 0. The van der Waals surface area contributed by atoms with Gasteiger partial charge in [-0.05, 0) is 51.1 Å². The van der Waals surface area contributed by atoms with Crippen LogP contribution in [-0.4, -0.2) is 27.6 Å². The summed E-state index contributed by atoms with van der Waals surface area (Å²) in [7, 11) is 0. The number of aryl methyl sites for hydroxylation is 2. The molecule has 0 atom stereocenters. The van der Waals surface area contributed by atoms with E-state index in [-0.39, 0.29) is 0 Å². The molecule has 0 fully saturated rings. The second kappa shape index (κ2) is 8.68. The Kier molecular flexibility index (Phi) is 6.51. The molecule has 6 heteroatoms. The molecular weight excluding hydrogens is 381 g/mol. The molecule has 4 nitrogen and oxygen atoms in total. The van der Waals surface area contributed by atoms with E-state index in [1.54, 1.807) is 6.07 Å². The number of rotatable bonds is 8. The third kappa shape index (κ3) is 4.03. The Morgan fingerprint density at radius 1 is 1.11 bits per heavy atom. The molecule has 2 heterocycles. The molecule has 0 saturated carbocycles. The fourth-order valence-electron chi connectivity index (χ4n) is 3.57. The predicted octanol–water partition coefficient (Wildman–Crippen LogP) is 6.39. The average Bonchev–Trinajstić information content (AvgIpc) is 3.11. The van der Waals surface area contributed by atoms with Crippen LogP contribution in [0.2, 0.25) is 10.0 Å². The van der Waals surface area contributed by atoms with Crippen molar-refractivity contribution in [2.24, 2.45) is 0 Å². The van der Waals surface area contributed by atoms with Crippen molar-refractivity contribution in [1.82, 2.24) is 14.5 Å². The zero-order valence-corrected chi connectivity index (χ0v) is 18.0. The van der Waals surface area contributed by atoms with Gasteiger partial charge in [-0.25, -0.2) is 0 Å². The fraction of sp³-hybridized carbons (Fsp3) is 0.476. The van der Waals surface area contributed by atoms with Crippen molar-refractivity contribution in [3.8, 4) is 11.3 Å². The normalized spacial score (nSPS) is 11.8. The second-order valence-corrected chi connectivity index (χ2v) is 7.75. The summed E-state index contributed by atoms with van der Waals surface area (Å²) in [6.07, 6.45) is 3.03. The van der Waals surface area contributed by atoms with Crippen molar-refractivity contribution in [2.45, 2.75) is 53.5 Å². The Hall–Kier alpha value is -1.49.